The van der Waals surface area contributed by atoms with E-state index < -0.39 is 5.82 Å². The van der Waals surface area contributed by atoms with E-state index >= 15 is 0 Å². The Morgan fingerprint density at radius 2 is 1.84 bits per heavy atom. The van der Waals surface area contributed by atoms with E-state index in [0.717, 1.165) is 5.52 Å². The molecule has 3 rings (SSSR count). The number of rotatable bonds is 5. The minimum absolute atomic E-state index is 0.130. The molecule has 0 fully saturated rings. The van der Waals surface area contributed by atoms with Gasteiger partial charge in [-0.1, -0.05) is 5.21 Å². The first-order chi connectivity index (χ1) is 11.9. The molecule has 0 bridgehead atoms. The molecule has 128 valence electrons. The molecule has 0 aliphatic heterocycles. The third kappa shape index (κ3) is 3.71. The maximum absolute atomic E-state index is 12.9. The minimum atomic E-state index is -0.391. The lowest BCUT2D eigenvalue weighted by Gasteiger charge is -2.13. The molecule has 25 heavy (non-hydrogen) atoms. The molecule has 0 saturated carbocycles. The van der Waals surface area contributed by atoms with E-state index in [-0.39, 0.29) is 24.2 Å². The molecule has 1 atom stereocenters. The minimum Gasteiger partial charge on any atom is -0.349 e. The Bertz CT molecular complexity index is 934. The van der Waals surface area contributed by atoms with Crippen molar-refractivity contribution in [3.63, 3.8) is 0 Å². The second-order valence-corrected chi connectivity index (χ2v) is 5.93. The highest BCUT2D eigenvalue weighted by atomic mass is 19.1. The van der Waals surface area contributed by atoms with Crippen LogP contribution in [0.25, 0.3) is 11.0 Å². The predicted molar refractivity (Wildman–Crippen MR) is 90.8 cm³/mol. The molecule has 1 amide bonds. The van der Waals surface area contributed by atoms with Crippen LogP contribution in [0.1, 0.15) is 34.1 Å². The van der Waals surface area contributed by atoms with Crippen molar-refractivity contribution in [1.82, 2.24) is 20.3 Å². The SMILES string of the molecule is C[C@H](CC(=O)c1ccc(F)cc1)NC(=O)c1ccc2c(c1)nnn2C. The molecule has 0 spiro atoms. The fraction of sp³-hybridized carbons (Fsp3) is 0.222. The Kier molecular flexibility index (Phi) is 4.56. The molecule has 1 aromatic heterocycles. The van der Waals surface area contributed by atoms with Crippen LogP contribution in [0, 0.1) is 5.82 Å². The predicted octanol–water partition coefficient (Wildman–Crippen LogP) is 2.50. The summed E-state index contributed by atoms with van der Waals surface area (Å²) in [5, 5.41) is 10.7. The summed E-state index contributed by atoms with van der Waals surface area (Å²) in [5.41, 5.74) is 2.33. The van der Waals surface area contributed by atoms with Crippen molar-refractivity contribution >= 4 is 22.7 Å². The second-order valence-electron chi connectivity index (χ2n) is 5.93. The van der Waals surface area contributed by atoms with Crippen molar-refractivity contribution in [2.75, 3.05) is 0 Å². The molecule has 2 aromatic carbocycles. The van der Waals surface area contributed by atoms with Crippen molar-refractivity contribution in [3.8, 4) is 0 Å². The summed E-state index contributed by atoms with van der Waals surface area (Å²) in [5.74, 6) is -0.832. The van der Waals surface area contributed by atoms with Crippen molar-refractivity contribution in [2.45, 2.75) is 19.4 Å². The zero-order valence-electron chi connectivity index (χ0n) is 13.9. The van der Waals surface area contributed by atoms with Gasteiger partial charge in [0.15, 0.2) is 5.78 Å². The van der Waals surface area contributed by atoms with Gasteiger partial charge in [0.2, 0.25) is 0 Å². The van der Waals surface area contributed by atoms with E-state index in [1.165, 1.54) is 24.3 Å². The number of Topliss-reactive ketones (excluding diaryl/α,β-unsaturated/α-hetero) is 1. The zero-order chi connectivity index (χ0) is 18.0. The lowest BCUT2D eigenvalue weighted by Crippen LogP contribution is -2.34. The number of aryl methyl sites for hydroxylation is 1. The molecule has 1 N–H and O–H groups in total. The highest BCUT2D eigenvalue weighted by Crippen LogP contribution is 2.13. The summed E-state index contributed by atoms with van der Waals surface area (Å²) in [6.07, 6.45) is 0.130. The smallest absolute Gasteiger partial charge is 0.251 e. The number of fused-ring (bicyclic) bond motifs is 1. The van der Waals surface area contributed by atoms with Crippen molar-refractivity contribution in [1.29, 1.82) is 0 Å². The van der Waals surface area contributed by atoms with Gasteiger partial charge in [-0.2, -0.15) is 0 Å². The molecular weight excluding hydrogens is 323 g/mol. The van der Waals surface area contributed by atoms with Crippen molar-refractivity contribution in [2.24, 2.45) is 7.05 Å². The Balaban J connectivity index is 1.64. The van der Waals surface area contributed by atoms with Crippen LogP contribution in [0.4, 0.5) is 4.39 Å². The number of nitrogens with zero attached hydrogens (tertiary/aromatic N) is 3. The fourth-order valence-electron chi connectivity index (χ4n) is 2.57. The van der Waals surface area contributed by atoms with Gasteiger partial charge in [0.1, 0.15) is 11.3 Å². The summed E-state index contributed by atoms with van der Waals surface area (Å²) in [6, 6.07) is 10.1. The standard InChI is InChI=1S/C18H17FN4O2/c1-11(9-17(24)12-3-6-14(19)7-4-12)20-18(25)13-5-8-16-15(10-13)21-22-23(16)2/h3-8,10-11H,9H2,1-2H3,(H,20,25)/t11-/m1/s1. The van der Waals surface area contributed by atoms with Gasteiger partial charge in [-0.15, -0.1) is 5.10 Å². The van der Waals surface area contributed by atoms with E-state index in [2.05, 4.69) is 15.6 Å². The number of benzene rings is 2. The second kappa shape index (κ2) is 6.80. The largest absolute Gasteiger partial charge is 0.349 e. The van der Waals surface area contributed by atoms with Crippen LogP contribution in [0.2, 0.25) is 0 Å². The molecule has 0 radical (unpaired) electrons. The van der Waals surface area contributed by atoms with Gasteiger partial charge >= 0.3 is 0 Å². The number of aromatic nitrogens is 3. The van der Waals surface area contributed by atoms with Gasteiger partial charge in [-0.05, 0) is 49.4 Å². The zero-order valence-corrected chi connectivity index (χ0v) is 13.9. The van der Waals surface area contributed by atoms with Crippen molar-refractivity contribution in [3.05, 3.63) is 59.4 Å². The molecule has 0 aliphatic rings. The van der Waals surface area contributed by atoms with Crippen LogP contribution in [-0.4, -0.2) is 32.7 Å². The Hall–Kier alpha value is -3.09. The lowest BCUT2D eigenvalue weighted by atomic mass is 10.0. The van der Waals surface area contributed by atoms with Gasteiger partial charge < -0.3 is 5.32 Å². The maximum Gasteiger partial charge on any atom is 0.251 e. The molecule has 7 heteroatoms. The van der Waals surface area contributed by atoms with Gasteiger partial charge in [0.25, 0.3) is 5.91 Å². The summed E-state index contributed by atoms with van der Waals surface area (Å²) in [7, 11) is 1.78. The first-order valence-corrected chi connectivity index (χ1v) is 7.83. The summed E-state index contributed by atoms with van der Waals surface area (Å²) in [4.78, 5) is 24.5. The molecule has 0 saturated heterocycles. The monoisotopic (exact) mass is 340 g/mol. The van der Waals surface area contributed by atoms with Crippen LogP contribution in [0.3, 0.4) is 0 Å². The van der Waals surface area contributed by atoms with E-state index in [9.17, 15) is 14.0 Å². The number of hydrogen-bond acceptors (Lipinski definition) is 4. The van der Waals surface area contributed by atoms with Crippen LogP contribution in [-0.2, 0) is 7.05 Å². The maximum atomic E-state index is 12.9. The average molecular weight is 340 g/mol. The lowest BCUT2D eigenvalue weighted by molar-refractivity contribution is 0.0918. The average Bonchev–Trinajstić information content (AvgIpc) is 2.96. The number of hydrogen-bond donors (Lipinski definition) is 1. The molecule has 6 nitrogen and oxygen atoms in total. The third-order valence-corrected chi connectivity index (χ3v) is 3.91. The number of ketones is 1. The topological polar surface area (TPSA) is 76.9 Å². The van der Waals surface area contributed by atoms with Gasteiger partial charge in [-0.25, -0.2) is 9.07 Å². The fourth-order valence-corrected chi connectivity index (χ4v) is 2.57. The van der Waals surface area contributed by atoms with Crippen LogP contribution in [0.5, 0.6) is 0 Å². The third-order valence-electron chi connectivity index (χ3n) is 3.91. The summed E-state index contributed by atoms with van der Waals surface area (Å²) >= 11 is 0. The molecule has 0 unspecified atom stereocenters. The van der Waals surface area contributed by atoms with Crippen LogP contribution < -0.4 is 5.32 Å². The highest BCUT2D eigenvalue weighted by Gasteiger charge is 2.15. The van der Waals surface area contributed by atoms with Crippen LogP contribution >= 0.6 is 0 Å². The molecular formula is C18H17FN4O2. The first-order valence-electron chi connectivity index (χ1n) is 7.83. The highest BCUT2D eigenvalue weighted by molar-refractivity contribution is 5.99. The van der Waals surface area contributed by atoms with Crippen LogP contribution in [0.15, 0.2) is 42.5 Å². The van der Waals surface area contributed by atoms with Gasteiger partial charge in [0, 0.05) is 30.6 Å². The number of nitrogens with one attached hydrogen (secondary N) is 1. The quantitative estimate of drug-likeness (QED) is 0.724. The molecule has 1 heterocycles. The molecule has 0 aliphatic carbocycles. The van der Waals surface area contributed by atoms with E-state index in [1.54, 1.807) is 36.9 Å². The Morgan fingerprint density at radius 1 is 1.16 bits per heavy atom. The van der Waals surface area contributed by atoms with Crippen molar-refractivity contribution < 1.29 is 14.0 Å². The first kappa shape index (κ1) is 16.8. The number of halogens is 1. The summed E-state index contributed by atoms with van der Waals surface area (Å²) < 4.78 is 14.5. The van der Waals surface area contributed by atoms with E-state index in [1.807, 2.05) is 0 Å². The van der Waals surface area contributed by atoms with E-state index in [4.69, 9.17) is 0 Å². The normalized spacial score (nSPS) is 12.1. The number of carbonyl (C=O) groups is 2. The van der Waals surface area contributed by atoms with E-state index in [0.29, 0.717) is 16.6 Å². The number of amides is 1. The Labute approximate surface area is 143 Å². The summed E-state index contributed by atoms with van der Waals surface area (Å²) in [6.45, 7) is 1.75. The van der Waals surface area contributed by atoms with Gasteiger partial charge in [-0.3, -0.25) is 9.59 Å². The molecule has 3 aromatic rings. The number of carbonyl (C=O) groups excluding carboxylic acids is 2. The Morgan fingerprint density at radius 3 is 2.56 bits per heavy atom. The van der Waals surface area contributed by atoms with Gasteiger partial charge in [0.05, 0.1) is 5.52 Å².